The zero-order valence-electron chi connectivity index (χ0n) is 12.5. The standard InChI is InChI=1S/C20H17ClOS/c21-17-11-13-18(14-12-17)23-20(16-9-5-2-6-10-16)19(22)15-7-3-1-4-8-15/h1-14,19-20,22H. The summed E-state index contributed by atoms with van der Waals surface area (Å²) < 4.78 is 0. The first-order valence-electron chi connectivity index (χ1n) is 7.44. The predicted molar refractivity (Wildman–Crippen MR) is 97.9 cm³/mol. The van der Waals surface area contributed by atoms with E-state index < -0.39 is 6.10 Å². The summed E-state index contributed by atoms with van der Waals surface area (Å²) in [6.07, 6.45) is -0.584. The molecule has 0 aliphatic heterocycles. The van der Waals surface area contributed by atoms with Crippen molar-refractivity contribution in [3.05, 3.63) is 101 Å². The molecule has 2 atom stereocenters. The van der Waals surface area contributed by atoms with Crippen LogP contribution in [0, 0.1) is 0 Å². The topological polar surface area (TPSA) is 20.2 Å². The average molecular weight is 341 g/mol. The Bertz CT molecular complexity index is 729. The molecule has 3 aromatic rings. The fourth-order valence-corrected chi connectivity index (χ4v) is 3.73. The van der Waals surface area contributed by atoms with Gasteiger partial charge in [0.1, 0.15) is 0 Å². The molecule has 0 bridgehead atoms. The fourth-order valence-electron chi connectivity index (χ4n) is 2.44. The molecule has 0 heterocycles. The average Bonchev–Trinajstić information content (AvgIpc) is 2.62. The molecular formula is C20H17ClOS. The maximum atomic E-state index is 10.9. The molecule has 3 aromatic carbocycles. The van der Waals surface area contributed by atoms with Crippen molar-refractivity contribution in [1.29, 1.82) is 0 Å². The first-order chi connectivity index (χ1) is 11.2. The van der Waals surface area contributed by atoms with Crippen LogP contribution in [0.1, 0.15) is 22.5 Å². The molecule has 2 unspecified atom stereocenters. The summed E-state index contributed by atoms with van der Waals surface area (Å²) in [6, 6.07) is 27.6. The van der Waals surface area contributed by atoms with Crippen molar-refractivity contribution in [1.82, 2.24) is 0 Å². The first kappa shape index (κ1) is 16.1. The van der Waals surface area contributed by atoms with Crippen LogP contribution in [0.2, 0.25) is 5.02 Å². The van der Waals surface area contributed by atoms with Gasteiger partial charge in [0.15, 0.2) is 0 Å². The summed E-state index contributed by atoms with van der Waals surface area (Å²) in [7, 11) is 0. The molecule has 3 heteroatoms. The number of aliphatic hydroxyl groups is 1. The molecule has 0 amide bonds. The van der Waals surface area contributed by atoms with Gasteiger partial charge in [-0.05, 0) is 35.4 Å². The maximum Gasteiger partial charge on any atom is 0.0952 e. The SMILES string of the molecule is OC(c1ccccc1)C(Sc1ccc(Cl)cc1)c1ccccc1. The third kappa shape index (κ3) is 4.17. The second kappa shape index (κ2) is 7.69. The monoisotopic (exact) mass is 340 g/mol. The predicted octanol–water partition coefficient (Wildman–Crippen LogP) is 5.91. The lowest BCUT2D eigenvalue weighted by Crippen LogP contribution is -2.08. The smallest absolute Gasteiger partial charge is 0.0952 e. The van der Waals surface area contributed by atoms with Crippen molar-refractivity contribution in [2.45, 2.75) is 16.2 Å². The lowest BCUT2D eigenvalue weighted by Gasteiger charge is -2.23. The van der Waals surface area contributed by atoms with Crippen LogP contribution in [0.5, 0.6) is 0 Å². The molecule has 0 radical (unpaired) electrons. The van der Waals surface area contributed by atoms with Crippen molar-refractivity contribution in [2.24, 2.45) is 0 Å². The lowest BCUT2D eigenvalue weighted by atomic mass is 10.0. The van der Waals surface area contributed by atoms with Gasteiger partial charge in [-0.1, -0.05) is 72.3 Å². The Morgan fingerprint density at radius 3 is 1.78 bits per heavy atom. The Kier molecular flexibility index (Phi) is 5.39. The molecule has 0 saturated carbocycles. The van der Waals surface area contributed by atoms with Gasteiger partial charge in [-0.15, -0.1) is 11.8 Å². The van der Waals surface area contributed by atoms with Gasteiger partial charge < -0.3 is 5.11 Å². The largest absolute Gasteiger partial charge is 0.387 e. The summed E-state index contributed by atoms with van der Waals surface area (Å²) in [5.41, 5.74) is 2.02. The quantitative estimate of drug-likeness (QED) is 0.583. The van der Waals surface area contributed by atoms with Crippen molar-refractivity contribution in [2.75, 3.05) is 0 Å². The second-order valence-corrected chi connectivity index (χ2v) is 6.91. The van der Waals surface area contributed by atoms with Crippen molar-refractivity contribution in [3.8, 4) is 0 Å². The molecule has 0 aliphatic carbocycles. The maximum absolute atomic E-state index is 10.9. The van der Waals surface area contributed by atoms with E-state index in [1.165, 1.54) is 0 Å². The number of halogens is 1. The molecule has 23 heavy (non-hydrogen) atoms. The highest BCUT2D eigenvalue weighted by Gasteiger charge is 2.23. The summed E-state index contributed by atoms with van der Waals surface area (Å²) in [5.74, 6) is 0. The van der Waals surface area contributed by atoms with Crippen LogP contribution >= 0.6 is 23.4 Å². The van der Waals surface area contributed by atoms with E-state index in [4.69, 9.17) is 11.6 Å². The minimum atomic E-state index is -0.584. The van der Waals surface area contributed by atoms with Gasteiger partial charge in [-0.25, -0.2) is 0 Å². The second-order valence-electron chi connectivity index (χ2n) is 5.26. The van der Waals surface area contributed by atoms with Gasteiger partial charge in [0.2, 0.25) is 0 Å². The molecule has 0 aromatic heterocycles. The van der Waals surface area contributed by atoms with Gasteiger partial charge in [0, 0.05) is 9.92 Å². The third-order valence-corrected chi connectivity index (χ3v) is 5.21. The first-order valence-corrected chi connectivity index (χ1v) is 8.70. The van der Waals surface area contributed by atoms with Crippen LogP contribution in [0.15, 0.2) is 89.8 Å². The molecular weight excluding hydrogens is 324 g/mol. The van der Waals surface area contributed by atoms with Crippen molar-refractivity contribution >= 4 is 23.4 Å². The number of hydrogen-bond acceptors (Lipinski definition) is 2. The Labute approximate surface area is 145 Å². The van der Waals surface area contributed by atoms with Crippen LogP contribution in [0.25, 0.3) is 0 Å². The van der Waals surface area contributed by atoms with E-state index in [1.807, 2.05) is 72.8 Å². The van der Waals surface area contributed by atoms with E-state index in [1.54, 1.807) is 11.8 Å². The van der Waals surface area contributed by atoms with Gasteiger partial charge in [-0.2, -0.15) is 0 Å². The number of aliphatic hydroxyl groups excluding tert-OH is 1. The zero-order valence-corrected chi connectivity index (χ0v) is 14.0. The summed E-state index contributed by atoms with van der Waals surface area (Å²) >= 11 is 7.61. The molecule has 0 fully saturated rings. The Morgan fingerprint density at radius 2 is 1.22 bits per heavy atom. The Balaban J connectivity index is 1.92. The minimum absolute atomic E-state index is 0.0835. The molecule has 0 aliphatic rings. The van der Waals surface area contributed by atoms with Crippen molar-refractivity contribution < 1.29 is 5.11 Å². The van der Waals surface area contributed by atoms with Crippen LogP contribution in [-0.2, 0) is 0 Å². The molecule has 116 valence electrons. The lowest BCUT2D eigenvalue weighted by molar-refractivity contribution is 0.175. The normalized spacial score (nSPS) is 13.5. The van der Waals surface area contributed by atoms with E-state index >= 15 is 0 Å². The van der Waals surface area contributed by atoms with Gasteiger partial charge >= 0.3 is 0 Å². The molecule has 1 nitrogen and oxygen atoms in total. The van der Waals surface area contributed by atoms with E-state index in [-0.39, 0.29) is 5.25 Å². The number of hydrogen-bond donors (Lipinski definition) is 1. The van der Waals surface area contributed by atoms with E-state index in [0.29, 0.717) is 5.02 Å². The van der Waals surface area contributed by atoms with Gasteiger partial charge in [-0.3, -0.25) is 0 Å². The fraction of sp³-hybridized carbons (Fsp3) is 0.100. The number of thioether (sulfide) groups is 1. The third-order valence-electron chi connectivity index (χ3n) is 3.63. The van der Waals surface area contributed by atoms with Crippen molar-refractivity contribution in [3.63, 3.8) is 0 Å². The van der Waals surface area contributed by atoms with E-state index in [9.17, 15) is 5.11 Å². The Morgan fingerprint density at radius 1 is 0.696 bits per heavy atom. The molecule has 0 saturated heterocycles. The van der Waals surface area contributed by atoms with E-state index in [2.05, 4.69) is 12.1 Å². The summed E-state index contributed by atoms with van der Waals surface area (Å²) in [5, 5.41) is 11.5. The highest BCUT2D eigenvalue weighted by atomic mass is 35.5. The zero-order chi connectivity index (χ0) is 16.1. The van der Waals surface area contributed by atoms with Crippen LogP contribution in [0.4, 0.5) is 0 Å². The summed E-state index contributed by atoms with van der Waals surface area (Å²) in [6.45, 7) is 0. The number of rotatable bonds is 5. The molecule has 1 N–H and O–H groups in total. The highest BCUT2D eigenvalue weighted by molar-refractivity contribution is 7.99. The molecule has 3 rings (SSSR count). The van der Waals surface area contributed by atoms with Crippen LogP contribution in [0.3, 0.4) is 0 Å². The van der Waals surface area contributed by atoms with Gasteiger partial charge in [0.25, 0.3) is 0 Å². The van der Waals surface area contributed by atoms with E-state index in [0.717, 1.165) is 16.0 Å². The van der Waals surface area contributed by atoms with Crippen LogP contribution in [-0.4, -0.2) is 5.11 Å². The van der Waals surface area contributed by atoms with Gasteiger partial charge in [0.05, 0.1) is 11.4 Å². The highest BCUT2D eigenvalue weighted by Crippen LogP contribution is 2.44. The summed E-state index contributed by atoms with van der Waals surface area (Å²) in [4.78, 5) is 1.08. The van der Waals surface area contributed by atoms with Crippen LogP contribution < -0.4 is 0 Å². The Hall–Kier alpha value is -1.74. The number of benzene rings is 3. The molecule has 0 spiro atoms. The minimum Gasteiger partial charge on any atom is -0.387 e.